The van der Waals surface area contributed by atoms with Crippen molar-refractivity contribution in [2.75, 3.05) is 32.7 Å². The maximum Gasteiger partial charge on any atom is 0.237 e. The molecule has 1 saturated heterocycles. The van der Waals surface area contributed by atoms with E-state index in [4.69, 9.17) is 5.73 Å². The highest BCUT2D eigenvalue weighted by Crippen LogP contribution is 2.16. The van der Waals surface area contributed by atoms with Gasteiger partial charge in [-0.2, -0.15) is 0 Å². The van der Waals surface area contributed by atoms with Gasteiger partial charge in [-0.05, 0) is 44.5 Å². The highest BCUT2D eigenvalue weighted by Gasteiger charge is 2.25. The first-order valence-electron chi connectivity index (χ1n) is 8.93. The molecule has 0 aromatic heterocycles. The van der Waals surface area contributed by atoms with Crippen molar-refractivity contribution in [1.29, 1.82) is 0 Å². The third kappa shape index (κ3) is 6.24. The van der Waals surface area contributed by atoms with Crippen molar-refractivity contribution in [3.05, 3.63) is 35.9 Å². The zero-order valence-corrected chi connectivity index (χ0v) is 14.9. The quantitative estimate of drug-likeness (QED) is 0.797. The molecule has 1 aromatic rings. The van der Waals surface area contributed by atoms with E-state index in [0.717, 1.165) is 37.9 Å². The second-order valence-electron chi connectivity index (χ2n) is 6.44. The van der Waals surface area contributed by atoms with E-state index in [9.17, 15) is 9.59 Å². The first-order valence-corrected chi connectivity index (χ1v) is 8.93. The Balaban J connectivity index is 1.86. The van der Waals surface area contributed by atoms with Crippen LogP contribution >= 0.6 is 0 Å². The summed E-state index contributed by atoms with van der Waals surface area (Å²) in [6.07, 6.45) is 2.39. The normalized spacial score (nSPS) is 15.2. The predicted molar refractivity (Wildman–Crippen MR) is 98.5 cm³/mol. The summed E-state index contributed by atoms with van der Waals surface area (Å²) in [7, 11) is 0. The van der Waals surface area contributed by atoms with Crippen LogP contribution in [-0.2, 0) is 9.59 Å². The van der Waals surface area contributed by atoms with Crippen molar-refractivity contribution in [3.8, 4) is 11.8 Å². The summed E-state index contributed by atoms with van der Waals surface area (Å²) < 4.78 is 0. The van der Waals surface area contributed by atoms with E-state index in [1.807, 2.05) is 35.2 Å². The minimum absolute atomic E-state index is 0.0464. The number of nitrogens with zero attached hydrogens (tertiary/aromatic N) is 2. The summed E-state index contributed by atoms with van der Waals surface area (Å²) >= 11 is 0. The Morgan fingerprint density at radius 1 is 1.24 bits per heavy atom. The molecule has 1 heterocycles. The molecule has 2 rings (SSSR count). The number of nitrogens with two attached hydrogens (primary N) is 1. The number of amides is 2. The van der Waals surface area contributed by atoms with Gasteiger partial charge in [-0.1, -0.05) is 37.0 Å². The Kier molecular flexibility index (Phi) is 7.49. The van der Waals surface area contributed by atoms with Gasteiger partial charge in [0.05, 0.1) is 13.1 Å². The van der Waals surface area contributed by atoms with Crippen LogP contribution in [0.25, 0.3) is 0 Å². The maximum absolute atomic E-state index is 12.6. The Bertz CT molecular complexity index is 625. The molecule has 134 valence electrons. The Morgan fingerprint density at radius 2 is 1.92 bits per heavy atom. The Labute approximate surface area is 150 Å². The molecule has 2 N–H and O–H groups in total. The van der Waals surface area contributed by atoms with Crippen LogP contribution in [0.4, 0.5) is 0 Å². The molecule has 2 amide bonds. The molecule has 0 unspecified atom stereocenters. The number of rotatable bonds is 6. The van der Waals surface area contributed by atoms with Crippen molar-refractivity contribution in [3.63, 3.8) is 0 Å². The van der Waals surface area contributed by atoms with Crippen molar-refractivity contribution in [1.82, 2.24) is 9.80 Å². The SMILES string of the molecule is CCCN(CC#Cc1ccccc1)C(=O)CN1CCC(C(N)=O)CC1. The smallest absolute Gasteiger partial charge is 0.237 e. The number of primary amides is 1. The molecular formula is C20H27N3O2. The van der Waals surface area contributed by atoms with Gasteiger partial charge in [0, 0.05) is 18.0 Å². The number of hydrogen-bond acceptors (Lipinski definition) is 3. The van der Waals surface area contributed by atoms with Crippen LogP contribution in [0.3, 0.4) is 0 Å². The lowest BCUT2D eigenvalue weighted by molar-refractivity contribution is -0.132. The van der Waals surface area contributed by atoms with Gasteiger partial charge in [-0.25, -0.2) is 0 Å². The first-order chi connectivity index (χ1) is 12.1. The fraction of sp³-hybridized carbons (Fsp3) is 0.500. The number of carbonyl (C=O) groups excluding carboxylic acids is 2. The summed E-state index contributed by atoms with van der Waals surface area (Å²) in [5.74, 6) is 6.03. The van der Waals surface area contributed by atoms with E-state index >= 15 is 0 Å². The largest absolute Gasteiger partial charge is 0.369 e. The molecule has 0 aliphatic carbocycles. The third-order valence-electron chi connectivity index (χ3n) is 4.47. The minimum Gasteiger partial charge on any atom is -0.369 e. The molecule has 0 saturated carbocycles. The molecule has 25 heavy (non-hydrogen) atoms. The summed E-state index contributed by atoms with van der Waals surface area (Å²) in [4.78, 5) is 27.7. The molecule has 5 nitrogen and oxygen atoms in total. The average Bonchev–Trinajstić information content (AvgIpc) is 2.62. The van der Waals surface area contributed by atoms with Crippen LogP contribution in [-0.4, -0.2) is 54.3 Å². The van der Waals surface area contributed by atoms with Gasteiger partial charge in [-0.3, -0.25) is 14.5 Å². The zero-order chi connectivity index (χ0) is 18.1. The van der Waals surface area contributed by atoms with Crippen LogP contribution in [0.2, 0.25) is 0 Å². The second-order valence-corrected chi connectivity index (χ2v) is 6.44. The first kappa shape index (κ1) is 19.0. The molecule has 0 spiro atoms. The molecule has 5 heteroatoms. The topological polar surface area (TPSA) is 66.6 Å². The molecular weight excluding hydrogens is 314 g/mol. The maximum atomic E-state index is 12.6. The summed E-state index contributed by atoms with van der Waals surface area (Å²) in [5.41, 5.74) is 6.31. The van der Waals surface area contributed by atoms with E-state index in [2.05, 4.69) is 23.7 Å². The predicted octanol–water partition coefficient (Wildman–Crippen LogP) is 1.47. The van der Waals surface area contributed by atoms with Crippen molar-refractivity contribution < 1.29 is 9.59 Å². The van der Waals surface area contributed by atoms with Gasteiger partial charge in [0.2, 0.25) is 11.8 Å². The summed E-state index contributed by atoms with van der Waals surface area (Å²) in [6, 6.07) is 9.78. The van der Waals surface area contributed by atoms with Crippen LogP contribution in [0.5, 0.6) is 0 Å². The number of piperidine rings is 1. The summed E-state index contributed by atoms with van der Waals surface area (Å²) in [5, 5.41) is 0. The van der Waals surface area contributed by atoms with E-state index in [0.29, 0.717) is 19.6 Å². The lowest BCUT2D eigenvalue weighted by Crippen LogP contribution is -2.45. The van der Waals surface area contributed by atoms with Crippen LogP contribution < -0.4 is 5.73 Å². The highest BCUT2D eigenvalue weighted by molar-refractivity contribution is 5.79. The Hall–Kier alpha value is -2.32. The lowest BCUT2D eigenvalue weighted by Gasteiger charge is -2.31. The van der Waals surface area contributed by atoms with Crippen molar-refractivity contribution >= 4 is 11.8 Å². The molecule has 1 fully saturated rings. The standard InChI is InChI=1S/C20H27N3O2/c1-2-12-23(13-6-9-17-7-4-3-5-8-17)19(24)16-22-14-10-18(11-15-22)20(21)25/h3-5,7-8,18H,2,10-16H2,1H3,(H2,21,25). The monoisotopic (exact) mass is 341 g/mol. The molecule has 1 aromatic carbocycles. The fourth-order valence-corrected chi connectivity index (χ4v) is 2.99. The van der Waals surface area contributed by atoms with Crippen molar-refractivity contribution in [2.45, 2.75) is 26.2 Å². The molecule has 0 bridgehead atoms. The van der Waals surface area contributed by atoms with Gasteiger partial charge >= 0.3 is 0 Å². The van der Waals surface area contributed by atoms with Gasteiger partial charge in [0.25, 0.3) is 0 Å². The van der Waals surface area contributed by atoms with Gasteiger partial charge < -0.3 is 10.6 Å². The fourth-order valence-electron chi connectivity index (χ4n) is 2.99. The average molecular weight is 341 g/mol. The van der Waals surface area contributed by atoms with Crippen LogP contribution in [0, 0.1) is 17.8 Å². The zero-order valence-electron chi connectivity index (χ0n) is 14.9. The molecule has 1 aliphatic rings. The molecule has 0 radical (unpaired) electrons. The Morgan fingerprint density at radius 3 is 2.52 bits per heavy atom. The second kappa shape index (κ2) is 9.85. The molecule has 1 aliphatic heterocycles. The van der Waals surface area contributed by atoms with E-state index in [1.54, 1.807) is 0 Å². The van der Waals surface area contributed by atoms with Crippen LogP contribution in [0.1, 0.15) is 31.7 Å². The number of likely N-dealkylation sites (tertiary alicyclic amines) is 1. The van der Waals surface area contributed by atoms with E-state index < -0.39 is 0 Å². The summed E-state index contributed by atoms with van der Waals surface area (Å²) in [6.45, 7) is 5.09. The lowest BCUT2D eigenvalue weighted by atomic mass is 9.96. The van der Waals surface area contributed by atoms with Crippen molar-refractivity contribution in [2.24, 2.45) is 11.7 Å². The van der Waals surface area contributed by atoms with Gasteiger partial charge in [-0.15, -0.1) is 0 Å². The van der Waals surface area contributed by atoms with Gasteiger partial charge in [0.1, 0.15) is 0 Å². The van der Waals surface area contributed by atoms with Crippen LogP contribution in [0.15, 0.2) is 30.3 Å². The van der Waals surface area contributed by atoms with E-state index in [1.165, 1.54) is 0 Å². The number of hydrogen-bond donors (Lipinski definition) is 1. The van der Waals surface area contributed by atoms with Gasteiger partial charge in [0.15, 0.2) is 0 Å². The number of benzene rings is 1. The van der Waals surface area contributed by atoms with E-state index in [-0.39, 0.29) is 17.7 Å². The molecule has 0 atom stereocenters. The third-order valence-corrected chi connectivity index (χ3v) is 4.47. The number of carbonyl (C=O) groups is 2. The highest BCUT2D eigenvalue weighted by atomic mass is 16.2. The minimum atomic E-state index is -0.227.